The molecule has 0 spiro atoms. The second-order valence-corrected chi connectivity index (χ2v) is 6.97. The van der Waals surface area contributed by atoms with E-state index in [4.69, 9.17) is 4.74 Å². The van der Waals surface area contributed by atoms with Crippen molar-refractivity contribution in [2.75, 3.05) is 23.8 Å². The van der Waals surface area contributed by atoms with E-state index in [1.807, 2.05) is 18.2 Å². The average Bonchev–Trinajstić information content (AvgIpc) is 3.48. The summed E-state index contributed by atoms with van der Waals surface area (Å²) in [6, 6.07) is 15.7. The topological polar surface area (TPSA) is 97.3 Å². The summed E-state index contributed by atoms with van der Waals surface area (Å²) >= 11 is 0. The quantitative estimate of drug-likeness (QED) is 0.585. The second-order valence-electron chi connectivity index (χ2n) is 6.97. The summed E-state index contributed by atoms with van der Waals surface area (Å²) in [5, 5.41) is 12.7. The molecule has 1 aliphatic rings. The van der Waals surface area contributed by atoms with Crippen LogP contribution in [0.15, 0.2) is 67.0 Å². The lowest BCUT2D eigenvalue weighted by atomic mass is 10.1. The van der Waals surface area contributed by atoms with E-state index in [-0.39, 0.29) is 18.0 Å². The van der Waals surface area contributed by atoms with E-state index >= 15 is 0 Å². The van der Waals surface area contributed by atoms with Crippen LogP contribution >= 0.6 is 0 Å². The minimum atomic E-state index is -0.282. The Balaban J connectivity index is 1.35. The number of urea groups is 1. The standard InChI is InChI=1S/C22H23N5O3/c28-21(19-6-1-2-7-20(19)27-13-4-12-24-27)25-16-8-10-17(11-9-16)26-22(29)23-15-18-5-3-14-30-18/h1-2,4,6-13,18H,3,5,14-15H2,(H,25,28)(H2,23,26,29)/t18-/m1/s1. The Hall–Kier alpha value is -3.65. The molecule has 3 aromatic rings. The molecule has 2 heterocycles. The molecule has 0 radical (unpaired) electrons. The Bertz CT molecular complexity index is 996. The van der Waals surface area contributed by atoms with Crippen molar-refractivity contribution < 1.29 is 14.3 Å². The molecule has 8 nitrogen and oxygen atoms in total. The number of para-hydroxylation sites is 1. The van der Waals surface area contributed by atoms with Crippen LogP contribution in [-0.2, 0) is 4.74 Å². The number of rotatable bonds is 6. The predicted octanol–water partition coefficient (Wildman–Crippen LogP) is 3.43. The Morgan fingerprint density at radius 3 is 2.50 bits per heavy atom. The van der Waals surface area contributed by atoms with Crippen molar-refractivity contribution in [1.82, 2.24) is 15.1 Å². The molecule has 3 amide bonds. The van der Waals surface area contributed by atoms with Gasteiger partial charge in [-0.3, -0.25) is 4.79 Å². The zero-order valence-corrected chi connectivity index (χ0v) is 16.4. The molecule has 3 N–H and O–H groups in total. The van der Waals surface area contributed by atoms with E-state index in [1.54, 1.807) is 53.5 Å². The zero-order valence-electron chi connectivity index (χ0n) is 16.4. The number of carbonyl (C=O) groups excluding carboxylic acids is 2. The smallest absolute Gasteiger partial charge is 0.319 e. The van der Waals surface area contributed by atoms with Gasteiger partial charge in [0.2, 0.25) is 0 Å². The summed E-state index contributed by atoms with van der Waals surface area (Å²) in [7, 11) is 0. The molecule has 0 saturated carbocycles. The minimum absolute atomic E-state index is 0.0953. The molecular weight excluding hydrogens is 382 g/mol. The van der Waals surface area contributed by atoms with Gasteiger partial charge in [-0.05, 0) is 55.3 Å². The number of anilines is 2. The van der Waals surface area contributed by atoms with Crippen molar-refractivity contribution in [3.8, 4) is 5.69 Å². The molecule has 0 unspecified atom stereocenters. The van der Waals surface area contributed by atoms with Crippen LogP contribution in [0.1, 0.15) is 23.2 Å². The molecule has 1 saturated heterocycles. The Kier molecular flexibility index (Phi) is 6.05. The second kappa shape index (κ2) is 9.23. The van der Waals surface area contributed by atoms with E-state index in [0.29, 0.717) is 29.2 Å². The van der Waals surface area contributed by atoms with Crippen molar-refractivity contribution in [2.45, 2.75) is 18.9 Å². The number of hydrogen-bond acceptors (Lipinski definition) is 4. The Morgan fingerprint density at radius 2 is 1.80 bits per heavy atom. The molecule has 8 heteroatoms. The monoisotopic (exact) mass is 405 g/mol. The van der Waals surface area contributed by atoms with Crippen molar-refractivity contribution in [3.63, 3.8) is 0 Å². The molecule has 30 heavy (non-hydrogen) atoms. The van der Waals surface area contributed by atoms with E-state index in [0.717, 1.165) is 19.4 Å². The van der Waals surface area contributed by atoms with E-state index in [2.05, 4.69) is 21.0 Å². The molecule has 1 aromatic heterocycles. The highest BCUT2D eigenvalue weighted by atomic mass is 16.5. The van der Waals surface area contributed by atoms with Gasteiger partial charge in [0.1, 0.15) is 0 Å². The first-order valence-corrected chi connectivity index (χ1v) is 9.86. The maximum atomic E-state index is 12.8. The van der Waals surface area contributed by atoms with Crippen molar-refractivity contribution in [2.24, 2.45) is 0 Å². The average molecular weight is 405 g/mol. The number of benzene rings is 2. The number of hydrogen-bond donors (Lipinski definition) is 3. The first-order chi connectivity index (χ1) is 14.7. The number of amides is 3. The maximum absolute atomic E-state index is 12.8. The normalized spacial score (nSPS) is 15.5. The molecule has 2 aromatic carbocycles. The molecule has 4 rings (SSSR count). The van der Waals surface area contributed by atoms with Crippen molar-refractivity contribution in [3.05, 3.63) is 72.6 Å². The fraction of sp³-hybridized carbons (Fsp3) is 0.227. The van der Waals surface area contributed by atoms with Gasteiger partial charge in [-0.2, -0.15) is 5.10 Å². The van der Waals surface area contributed by atoms with Gasteiger partial charge in [-0.25, -0.2) is 9.48 Å². The van der Waals surface area contributed by atoms with Crippen LogP contribution in [-0.4, -0.2) is 41.0 Å². The number of aromatic nitrogens is 2. The van der Waals surface area contributed by atoms with Crippen LogP contribution in [0.3, 0.4) is 0 Å². The lowest BCUT2D eigenvalue weighted by molar-refractivity contribution is 0.102. The van der Waals surface area contributed by atoms with Gasteiger partial charge in [0.15, 0.2) is 0 Å². The third-order valence-electron chi connectivity index (χ3n) is 4.81. The van der Waals surface area contributed by atoms with Crippen molar-refractivity contribution in [1.29, 1.82) is 0 Å². The highest BCUT2D eigenvalue weighted by molar-refractivity contribution is 6.06. The third-order valence-corrected chi connectivity index (χ3v) is 4.81. The van der Waals surface area contributed by atoms with Crippen LogP contribution < -0.4 is 16.0 Å². The third kappa shape index (κ3) is 4.84. The molecule has 0 aliphatic carbocycles. The highest BCUT2D eigenvalue weighted by Crippen LogP contribution is 2.18. The van der Waals surface area contributed by atoms with Gasteiger partial charge in [0, 0.05) is 36.9 Å². The van der Waals surface area contributed by atoms with Gasteiger partial charge < -0.3 is 20.7 Å². The lowest BCUT2D eigenvalue weighted by Crippen LogP contribution is -2.35. The van der Waals surface area contributed by atoms with E-state index < -0.39 is 0 Å². The first kappa shape index (κ1) is 19.7. The van der Waals surface area contributed by atoms with Gasteiger partial charge in [0.05, 0.1) is 17.4 Å². The number of nitrogens with zero attached hydrogens (tertiary/aromatic N) is 2. The largest absolute Gasteiger partial charge is 0.376 e. The Labute approximate surface area is 174 Å². The van der Waals surface area contributed by atoms with Crippen LogP contribution in [0.25, 0.3) is 5.69 Å². The summed E-state index contributed by atoms with van der Waals surface area (Å²) in [5.41, 5.74) is 2.47. The Morgan fingerprint density at radius 1 is 1.03 bits per heavy atom. The molecule has 154 valence electrons. The van der Waals surface area contributed by atoms with Crippen LogP contribution in [0, 0.1) is 0 Å². The molecule has 1 fully saturated rings. The van der Waals surface area contributed by atoms with Crippen LogP contribution in [0.2, 0.25) is 0 Å². The molecule has 0 bridgehead atoms. The van der Waals surface area contributed by atoms with Gasteiger partial charge in [-0.15, -0.1) is 0 Å². The summed E-state index contributed by atoms with van der Waals surface area (Å²) in [6.45, 7) is 1.25. The van der Waals surface area contributed by atoms with Gasteiger partial charge in [0.25, 0.3) is 5.91 Å². The first-order valence-electron chi connectivity index (χ1n) is 9.86. The number of ether oxygens (including phenoxy) is 1. The van der Waals surface area contributed by atoms with Gasteiger partial charge in [-0.1, -0.05) is 12.1 Å². The summed E-state index contributed by atoms with van der Waals surface area (Å²) in [4.78, 5) is 24.8. The number of nitrogens with one attached hydrogen (secondary N) is 3. The molecule has 1 atom stereocenters. The summed E-state index contributed by atoms with van der Waals surface area (Å²) < 4.78 is 7.14. The minimum Gasteiger partial charge on any atom is -0.376 e. The SMILES string of the molecule is O=C(NC[C@H]1CCCO1)Nc1ccc(NC(=O)c2ccccc2-n2cccn2)cc1. The highest BCUT2D eigenvalue weighted by Gasteiger charge is 2.16. The van der Waals surface area contributed by atoms with Crippen LogP contribution in [0.5, 0.6) is 0 Å². The van der Waals surface area contributed by atoms with Crippen LogP contribution in [0.4, 0.5) is 16.2 Å². The summed E-state index contributed by atoms with van der Waals surface area (Å²) in [6.07, 6.45) is 5.55. The lowest BCUT2D eigenvalue weighted by Gasteiger charge is -2.12. The van der Waals surface area contributed by atoms with Crippen molar-refractivity contribution >= 4 is 23.3 Å². The van der Waals surface area contributed by atoms with E-state index in [9.17, 15) is 9.59 Å². The molecule has 1 aliphatic heterocycles. The fourth-order valence-corrected chi connectivity index (χ4v) is 3.30. The number of carbonyl (C=O) groups is 2. The van der Waals surface area contributed by atoms with Gasteiger partial charge >= 0.3 is 6.03 Å². The summed E-state index contributed by atoms with van der Waals surface area (Å²) in [5.74, 6) is -0.240. The fourth-order valence-electron chi connectivity index (χ4n) is 3.30. The van der Waals surface area contributed by atoms with E-state index in [1.165, 1.54) is 0 Å². The predicted molar refractivity (Wildman–Crippen MR) is 114 cm³/mol. The zero-order chi connectivity index (χ0) is 20.8. The molecular formula is C22H23N5O3. The maximum Gasteiger partial charge on any atom is 0.319 e.